The Hall–Kier alpha value is -1.95. The summed E-state index contributed by atoms with van der Waals surface area (Å²) in [6.07, 6.45) is 7.73. The summed E-state index contributed by atoms with van der Waals surface area (Å²) >= 11 is 0. The van der Waals surface area contributed by atoms with Crippen LogP contribution in [0.4, 0.5) is 5.82 Å². The molecule has 23 heavy (non-hydrogen) atoms. The van der Waals surface area contributed by atoms with Gasteiger partial charge in [0, 0.05) is 31.7 Å². The molecule has 1 aliphatic heterocycles. The fourth-order valence-corrected chi connectivity index (χ4v) is 2.83. The number of nitrogens with one attached hydrogen (secondary N) is 1. The Morgan fingerprint density at radius 3 is 2.65 bits per heavy atom. The van der Waals surface area contributed by atoms with Gasteiger partial charge in [-0.1, -0.05) is 18.0 Å². The molecule has 6 heteroatoms. The van der Waals surface area contributed by atoms with Gasteiger partial charge >= 0.3 is 0 Å². The zero-order valence-corrected chi connectivity index (χ0v) is 14.0. The van der Waals surface area contributed by atoms with Crippen LogP contribution in [-0.2, 0) is 6.42 Å². The lowest BCUT2D eigenvalue weighted by atomic mass is 10.2. The maximum absolute atomic E-state index is 5.36. The number of anilines is 1. The monoisotopic (exact) mass is 315 g/mol. The number of hydrogen-bond donors (Lipinski definition) is 1. The number of hydrogen-bond acceptors (Lipinski definition) is 6. The van der Waals surface area contributed by atoms with Crippen LogP contribution in [-0.4, -0.2) is 41.3 Å². The zero-order valence-electron chi connectivity index (χ0n) is 14.0. The second-order valence-electron chi connectivity index (χ2n) is 6.22. The molecular formula is C17H25N5O. The predicted molar refractivity (Wildman–Crippen MR) is 90.4 cm³/mol. The number of pyridine rings is 1. The Balaban J connectivity index is 1.69. The minimum atomic E-state index is 0.323. The number of likely N-dealkylation sites (N-methyl/N-ethyl adjacent to an activating group) is 1. The summed E-state index contributed by atoms with van der Waals surface area (Å²) in [5.41, 5.74) is 0.874. The molecule has 1 N–H and O–H groups in total. The van der Waals surface area contributed by atoms with Crippen molar-refractivity contribution in [3.63, 3.8) is 0 Å². The van der Waals surface area contributed by atoms with Gasteiger partial charge in [0.1, 0.15) is 5.82 Å². The number of aromatic nitrogens is 3. The van der Waals surface area contributed by atoms with Crippen LogP contribution in [0.2, 0.25) is 0 Å². The van der Waals surface area contributed by atoms with Gasteiger partial charge in [0.05, 0.1) is 5.56 Å². The molecule has 0 spiro atoms. The molecule has 0 aliphatic carbocycles. The highest BCUT2D eigenvalue weighted by atomic mass is 16.5. The molecule has 3 rings (SSSR count). The molecule has 0 aromatic carbocycles. The minimum Gasteiger partial charge on any atom is -0.357 e. The van der Waals surface area contributed by atoms with Crippen LogP contribution >= 0.6 is 0 Å². The Labute approximate surface area is 137 Å². The molecule has 6 nitrogen and oxygen atoms in total. The van der Waals surface area contributed by atoms with Crippen molar-refractivity contribution >= 4 is 5.82 Å². The molecule has 1 aliphatic rings. The summed E-state index contributed by atoms with van der Waals surface area (Å²) < 4.78 is 5.36. The fraction of sp³-hybridized carbons (Fsp3) is 0.588. The largest absolute Gasteiger partial charge is 0.357 e. The molecule has 1 atom stereocenters. The van der Waals surface area contributed by atoms with Crippen LogP contribution in [0.1, 0.15) is 38.4 Å². The van der Waals surface area contributed by atoms with E-state index >= 15 is 0 Å². The number of rotatable bonds is 5. The van der Waals surface area contributed by atoms with E-state index in [2.05, 4.69) is 38.3 Å². The summed E-state index contributed by atoms with van der Waals surface area (Å²) in [4.78, 5) is 11.4. The van der Waals surface area contributed by atoms with E-state index in [0.29, 0.717) is 11.9 Å². The van der Waals surface area contributed by atoms with Crippen molar-refractivity contribution in [2.45, 2.75) is 45.1 Å². The van der Waals surface area contributed by atoms with Crippen molar-refractivity contribution in [3.05, 3.63) is 24.2 Å². The maximum Gasteiger partial charge on any atom is 0.259 e. The first-order chi connectivity index (χ1) is 11.3. The minimum absolute atomic E-state index is 0.323. The molecule has 1 unspecified atom stereocenters. The van der Waals surface area contributed by atoms with E-state index in [1.807, 2.05) is 19.3 Å². The summed E-state index contributed by atoms with van der Waals surface area (Å²) in [6, 6.07) is 4.40. The highest BCUT2D eigenvalue weighted by Gasteiger charge is 2.14. The third-order valence-electron chi connectivity index (χ3n) is 4.37. The van der Waals surface area contributed by atoms with Gasteiger partial charge in [-0.2, -0.15) is 4.98 Å². The fourth-order valence-electron chi connectivity index (χ4n) is 2.83. The highest BCUT2D eigenvalue weighted by molar-refractivity contribution is 5.54. The van der Waals surface area contributed by atoms with E-state index in [0.717, 1.165) is 36.7 Å². The second-order valence-corrected chi connectivity index (χ2v) is 6.22. The van der Waals surface area contributed by atoms with Gasteiger partial charge in [0.25, 0.3) is 5.89 Å². The van der Waals surface area contributed by atoms with E-state index in [9.17, 15) is 0 Å². The molecule has 2 aromatic heterocycles. The number of nitrogens with zero attached hydrogens (tertiary/aromatic N) is 4. The molecule has 3 heterocycles. The van der Waals surface area contributed by atoms with Gasteiger partial charge in [0.2, 0.25) is 0 Å². The van der Waals surface area contributed by atoms with E-state index in [4.69, 9.17) is 4.52 Å². The van der Waals surface area contributed by atoms with Gasteiger partial charge in [-0.3, -0.25) is 0 Å². The Morgan fingerprint density at radius 2 is 2.00 bits per heavy atom. The van der Waals surface area contributed by atoms with Crippen molar-refractivity contribution in [3.8, 4) is 11.5 Å². The van der Waals surface area contributed by atoms with Gasteiger partial charge in [-0.05, 0) is 38.9 Å². The van der Waals surface area contributed by atoms with E-state index < -0.39 is 0 Å². The predicted octanol–water partition coefficient (Wildman–Crippen LogP) is 2.66. The van der Waals surface area contributed by atoms with Crippen molar-refractivity contribution in [2.75, 3.05) is 25.0 Å². The Bertz CT molecular complexity index is 602. The molecule has 0 bridgehead atoms. The lowest BCUT2D eigenvalue weighted by Crippen LogP contribution is -2.24. The molecule has 2 aromatic rings. The van der Waals surface area contributed by atoms with E-state index in [1.165, 1.54) is 25.7 Å². The maximum atomic E-state index is 5.36. The van der Waals surface area contributed by atoms with Crippen LogP contribution in [0.15, 0.2) is 22.9 Å². The molecule has 0 radical (unpaired) electrons. The molecule has 124 valence electrons. The SMILES string of the molecule is CNC(C)Cc1noc(-c2ccc(N3CCCCCC3)nc2)n1. The lowest BCUT2D eigenvalue weighted by molar-refractivity contribution is 0.418. The van der Waals surface area contributed by atoms with Gasteiger partial charge in [-0.25, -0.2) is 4.98 Å². The Kier molecular flexibility index (Phi) is 5.23. The standard InChI is InChI=1S/C17H25N5O/c1-13(18-2)11-15-20-17(23-21-15)14-7-8-16(19-12-14)22-9-5-3-4-6-10-22/h7-8,12-13,18H,3-6,9-11H2,1-2H3. The summed E-state index contributed by atoms with van der Waals surface area (Å²) in [5, 5.41) is 7.21. The van der Waals surface area contributed by atoms with Crippen LogP contribution < -0.4 is 10.2 Å². The Morgan fingerprint density at radius 1 is 1.22 bits per heavy atom. The molecule has 0 saturated carbocycles. The lowest BCUT2D eigenvalue weighted by Gasteiger charge is -2.21. The molecule has 1 saturated heterocycles. The topological polar surface area (TPSA) is 67.1 Å². The zero-order chi connectivity index (χ0) is 16.1. The third-order valence-corrected chi connectivity index (χ3v) is 4.37. The normalized spacial score (nSPS) is 17.0. The molecule has 1 fully saturated rings. The summed E-state index contributed by atoms with van der Waals surface area (Å²) in [7, 11) is 1.93. The van der Waals surface area contributed by atoms with E-state index in [-0.39, 0.29) is 0 Å². The van der Waals surface area contributed by atoms with Gasteiger partial charge in [-0.15, -0.1) is 0 Å². The second kappa shape index (κ2) is 7.55. The molecule has 0 amide bonds. The average molecular weight is 315 g/mol. The van der Waals surface area contributed by atoms with Crippen LogP contribution in [0, 0.1) is 0 Å². The van der Waals surface area contributed by atoms with Crippen molar-refractivity contribution in [1.29, 1.82) is 0 Å². The first kappa shape index (κ1) is 15.9. The van der Waals surface area contributed by atoms with E-state index in [1.54, 1.807) is 0 Å². The van der Waals surface area contributed by atoms with Crippen molar-refractivity contribution in [1.82, 2.24) is 20.4 Å². The smallest absolute Gasteiger partial charge is 0.259 e. The van der Waals surface area contributed by atoms with Crippen molar-refractivity contribution < 1.29 is 4.52 Å². The van der Waals surface area contributed by atoms with Crippen LogP contribution in [0.25, 0.3) is 11.5 Å². The van der Waals surface area contributed by atoms with Crippen molar-refractivity contribution in [2.24, 2.45) is 0 Å². The van der Waals surface area contributed by atoms with Gasteiger partial charge in [0.15, 0.2) is 5.82 Å². The first-order valence-corrected chi connectivity index (χ1v) is 8.47. The average Bonchev–Trinajstić information content (AvgIpc) is 2.87. The van der Waals surface area contributed by atoms with Crippen LogP contribution in [0.5, 0.6) is 0 Å². The summed E-state index contributed by atoms with van der Waals surface area (Å²) in [6.45, 7) is 4.28. The van der Waals surface area contributed by atoms with Gasteiger partial charge < -0.3 is 14.7 Å². The molecular weight excluding hydrogens is 290 g/mol. The highest BCUT2D eigenvalue weighted by Crippen LogP contribution is 2.21. The quantitative estimate of drug-likeness (QED) is 0.915. The third kappa shape index (κ3) is 4.07. The summed E-state index contributed by atoms with van der Waals surface area (Å²) in [5.74, 6) is 2.30. The first-order valence-electron chi connectivity index (χ1n) is 8.47. The van der Waals surface area contributed by atoms with Crippen LogP contribution in [0.3, 0.4) is 0 Å².